The highest BCUT2D eigenvalue weighted by atomic mass is 16.5. The van der Waals surface area contributed by atoms with Gasteiger partial charge in [-0.25, -0.2) is 4.98 Å². The summed E-state index contributed by atoms with van der Waals surface area (Å²) in [6, 6.07) is 4.76. The van der Waals surface area contributed by atoms with Crippen LogP contribution in [0, 0.1) is 0 Å². The SMILES string of the molecule is CCOC(=O)CCC(=O)CNC(=O)c1cccc(OC)n1. The van der Waals surface area contributed by atoms with Gasteiger partial charge in [-0.1, -0.05) is 6.07 Å². The first kappa shape index (κ1) is 16.6. The Morgan fingerprint density at radius 3 is 2.67 bits per heavy atom. The van der Waals surface area contributed by atoms with Gasteiger partial charge in [0.1, 0.15) is 5.69 Å². The Balaban J connectivity index is 2.38. The van der Waals surface area contributed by atoms with Crippen LogP contribution in [-0.4, -0.2) is 42.9 Å². The van der Waals surface area contributed by atoms with E-state index in [1.807, 2.05) is 0 Å². The fourth-order valence-corrected chi connectivity index (χ4v) is 1.49. The average molecular weight is 294 g/mol. The molecule has 1 aromatic rings. The van der Waals surface area contributed by atoms with E-state index < -0.39 is 11.9 Å². The van der Waals surface area contributed by atoms with Gasteiger partial charge >= 0.3 is 5.97 Å². The minimum atomic E-state index is -0.474. The number of aromatic nitrogens is 1. The van der Waals surface area contributed by atoms with E-state index in [2.05, 4.69) is 10.3 Å². The van der Waals surface area contributed by atoms with Crippen molar-refractivity contribution in [3.05, 3.63) is 23.9 Å². The lowest BCUT2D eigenvalue weighted by molar-refractivity contribution is -0.144. The molecule has 1 heterocycles. The molecule has 0 saturated carbocycles. The summed E-state index contributed by atoms with van der Waals surface area (Å²) >= 11 is 0. The molecule has 7 nitrogen and oxygen atoms in total. The quantitative estimate of drug-likeness (QED) is 0.710. The van der Waals surface area contributed by atoms with Crippen LogP contribution in [0.3, 0.4) is 0 Å². The third-order valence-electron chi connectivity index (χ3n) is 2.52. The number of pyridine rings is 1. The highest BCUT2D eigenvalue weighted by molar-refractivity contribution is 5.95. The number of hydrogen-bond donors (Lipinski definition) is 1. The van der Waals surface area contributed by atoms with Gasteiger partial charge in [0.2, 0.25) is 5.88 Å². The maximum Gasteiger partial charge on any atom is 0.306 e. The molecule has 0 radical (unpaired) electrons. The van der Waals surface area contributed by atoms with Gasteiger partial charge in [0.15, 0.2) is 5.78 Å². The van der Waals surface area contributed by atoms with Crippen LogP contribution in [0.25, 0.3) is 0 Å². The van der Waals surface area contributed by atoms with Gasteiger partial charge in [-0.05, 0) is 13.0 Å². The molecule has 0 aliphatic heterocycles. The number of ketones is 1. The molecule has 0 aliphatic rings. The van der Waals surface area contributed by atoms with Crippen molar-refractivity contribution in [2.75, 3.05) is 20.3 Å². The Morgan fingerprint density at radius 1 is 1.24 bits per heavy atom. The first-order valence-corrected chi connectivity index (χ1v) is 6.53. The lowest BCUT2D eigenvalue weighted by atomic mass is 10.2. The fourth-order valence-electron chi connectivity index (χ4n) is 1.49. The molecule has 21 heavy (non-hydrogen) atoms. The molecule has 0 spiro atoms. The fraction of sp³-hybridized carbons (Fsp3) is 0.429. The molecular formula is C14H18N2O5. The van der Waals surface area contributed by atoms with Gasteiger partial charge in [-0.2, -0.15) is 0 Å². The predicted molar refractivity (Wildman–Crippen MR) is 74.0 cm³/mol. The lowest BCUT2D eigenvalue weighted by Gasteiger charge is -2.05. The Bertz CT molecular complexity index is 516. The van der Waals surface area contributed by atoms with Crippen LogP contribution in [0.5, 0.6) is 5.88 Å². The molecule has 1 amide bonds. The molecule has 1 N–H and O–H groups in total. The van der Waals surface area contributed by atoms with E-state index in [0.29, 0.717) is 5.88 Å². The Labute approximate surface area is 122 Å². The maximum atomic E-state index is 11.8. The second kappa shape index (κ2) is 8.68. The van der Waals surface area contributed by atoms with Crippen LogP contribution in [0.1, 0.15) is 30.3 Å². The minimum absolute atomic E-state index is 0.0138. The Morgan fingerprint density at radius 2 is 2.00 bits per heavy atom. The van der Waals surface area contributed by atoms with E-state index in [1.54, 1.807) is 19.1 Å². The zero-order valence-corrected chi connectivity index (χ0v) is 12.0. The second-order valence-corrected chi connectivity index (χ2v) is 4.09. The van der Waals surface area contributed by atoms with Gasteiger partial charge in [-0.3, -0.25) is 14.4 Å². The minimum Gasteiger partial charge on any atom is -0.481 e. The van der Waals surface area contributed by atoms with Crippen molar-refractivity contribution in [3.63, 3.8) is 0 Å². The largest absolute Gasteiger partial charge is 0.481 e. The van der Waals surface area contributed by atoms with Gasteiger partial charge in [0, 0.05) is 12.5 Å². The third kappa shape index (κ3) is 6.03. The first-order valence-electron chi connectivity index (χ1n) is 6.53. The molecule has 0 bridgehead atoms. The van der Waals surface area contributed by atoms with Crippen LogP contribution < -0.4 is 10.1 Å². The van der Waals surface area contributed by atoms with Crippen molar-refractivity contribution in [1.29, 1.82) is 0 Å². The number of carbonyl (C=O) groups is 3. The van der Waals surface area contributed by atoms with E-state index in [9.17, 15) is 14.4 Å². The van der Waals surface area contributed by atoms with Crippen LogP contribution in [0.4, 0.5) is 0 Å². The van der Waals surface area contributed by atoms with Gasteiger partial charge in [0.25, 0.3) is 5.91 Å². The Hall–Kier alpha value is -2.44. The highest BCUT2D eigenvalue weighted by Crippen LogP contribution is 2.06. The van der Waals surface area contributed by atoms with Crippen LogP contribution in [0.2, 0.25) is 0 Å². The normalized spacial score (nSPS) is 9.81. The number of ether oxygens (including phenoxy) is 2. The summed E-state index contributed by atoms with van der Waals surface area (Å²) < 4.78 is 9.62. The van der Waals surface area contributed by atoms with Crippen molar-refractivity contribution in [3.8, 4) is 5.88 Å². The topological polar surface area (TPSA) is 94.6 Å². The number of esters is 1. The molecule has 114 valence electrons. The van der Waals surface area contributed by atoms with Crippen molar-refractivity contribution in [2.24, 2.45) is 0 Å². The summed E-state index contributed by atoms with van der Waals surface area (Å²) in [6.07, 6.45) is 0.0462. The molecule has 0 aliphatic carbocycles. The van der Waals surface area contributed by atoms with E-state index >= 15 is 0 Å². The molecule has 7 heteroatoms. The summed E-state index contributed by atoms with van der Waals surface area (Å²) in [5.74, 6) is -0.833. The summed E-state index contributed by atoms with van der Waals surface area (Å²) in [4.78, 5) is 38.4. The number of amides is 1. The van der Waals surface area contributed by atoms with Crippen molar-refractivity contribution in [2.45, 2.75) is 19.8 Å². The number of methoxy groups -OCH3 is 1. The standard InChI is InChI=1S/C14H18N2O5/c1-3-21-13(18)8-7-10(17)9-15-14(19)11-5-4-6-12(16-11)20-2/h4-6H,3,7-9H2,1-2H3,(H,15,19). The Kier molecular flexibility index (Phi) is 6.86. The molecule has 1 aromatic heterocycles. The summed E-state index contributed by atoms with van der Waals surface area (Å²) in [5, 5.41) is 2.45. The molecular weight excluding hydrogens is 276 g/mol. The summed E-state index contributed by atoms with van der Waals surface area (Å²) in [6.45, 7) is 1.82. The van der Waals surface area contributed by atoms with E-state index in [1.165, 1.54) is 13.2 Å². The molecule has 0 fully saturated rings. The highest BCUT2D eigenvalue weighted by Gasteiger charge is 2.11. The monoisotopic (exact) mass is 294 g/mol. The second-order valence-electron chi connectivity index (χ2n) is 4.09. The number of nitrogens with zero attached hydrogens (tertiary/aromatic N) is 1. The van der Waals surface area contributed by atoms with E-state index in [0.717, 1.165) is 0 Å². The summed E-state index contributed by atoms with van der Waals surface area (Å²) in [7, 11) is 1.45. The van der Waals surface area contributed by atoms with Crippen molar-refractivity contribution < 1.29 is 23.9 Å². The number of Topliss-reactive ketones (excluding diaryl/α,β-unsaturated/α-hetero) is 1. The summed E-state index contributed by atoms with van der Waals surface area (Å²) in [5.41, 5.74) is 0.160. The van der Waals surface area contributed by atoms with E-state index in [4.69, 9.17) is 9.47 Å². The molecule has 0 unspecified atom stereocenters. The zero-order valence-electron chi connectivity index (χ0n) is 12.0. The number of nitrogens with one attached hydrogen (secondary N) is 1. The number of rotatable bonds is 8. The van der Waals surface area contributed by atoms with Crippen molar-refractivity contribution >= 4 is 17.7 Å². The van der Waals surface area contributed by atoms with Crippen LogP contribution >= 0.6 is 0 Å². The lowest BCUT2D eigenvalue weighted by Crippen LogP contribution is -2.30. The van der Waals surface area contributed by atoms with Gasteiger partial charge in [-0.15, -0.1) is 0 Å². The van der Waals surface area contributed by atoms with Crippen molar-refractivity contribution in [1.82, 2.24) is 10.3 Å². The van der Waals surface area contributed by atoms with E-state index in [-0.39, 0.29) is 37.5 Å². The van der Waals surface area contributed by atoms with Gasteiger partial charge < -0.3 is 14.8 Å². The van der Waals surface area contributed by atoms with Crippen LogP contribution in [-0.2, 0) is 14.3 Å². The zero-order chi connectivity index (χ0) is 15.7. The number of carbonyl (C=O) groups excluding carboxylic acids is 3. The molecule has 0 atom stereocenters. The molecule has 0 aromatic carbocycles. The first-order chi connectivity index (χ1) is 10.1. The van der Waals surface area contributed by atoms with Crippen LogP contribution in [0.15, 0.2) is 18.2 Å². The smallest absolute Gasteiger partial charge is 0.306 e. The third-order valence-corrected chi connectivity index (χ3v) is 2.52. The molecule has 1 rings (SSSR count). The molecule has 0 saturated heterocycles. The van der Waals surface area contributed by atoms with Gasteiger partial charge in [0.05, 0.1) is 26.7 Å². The average Bonchev–Trinajstić information content (AvgIpc) is 2.50. The maximum absolute atomic E-state index is 11.8. The predicted octanol–water partition coefficient (Wildman–Crippen LogP) is 0.732. The number of hydrogen-bond acceptors (Lipinski definition) is 6.